The molecule has 0 spiro atoms. The predicted octanol–water partition coefficient (Wildman–Crippen LogP) is 3.07. The van der Waals surface area contributed by atoms with Crippen molar-refractivity contribution in [2.45, 2.75) is 52.1 Å². The van der Waals surface area contributed by atoms with Crippen molar-refractivity contribution in [2.75, 3.05) is 11.5 Å². The highest BCUT2D eigenvalue weighted by Gasteiger charge is 2.26. The summed E-state index contributed by atoms with van der Waals surface area (Å²) in [6, 6.07) is 3.96. The van der Waals surface area contributed by atoms with Crippen LogP contribution in [0.3, 0.4) is 0 Å². The summed E-state index contributed by atoms with van der Waals surface area (Å²) >= 11 is 0. The van der Waals surface area contributed by atoms with E-state index in [1.165, 1.54) is 0 Å². The van der Waals surface area contributed by atoms with E-state index in [2.05, 4.69) is 58.7 Å². The number of nitrogens with zero attached hydrogens (tertiary/aromatic N) is 6. The maximum Gasteiger partial charge on any atom is 0.221 e. The molecule has 8 heteroatoms. The van der Waals surface area contributed by atoms with Crippen molar-refractivity contribution in [1.29, 1.82) is 0 Å². The maximum atomic E-state index is 6.25. The largest absolute Gasteiger partial charge is 0.383 e. The van der Waals surface area contributed by atoms with Crippen molar-refractivity contribution in [3.05, 3.63) is 36.5 Å². The number of hydrogen-bond donors (Lipinski definition) is 2. The Morgan fingerprint density at radius 2 is 1.61 bits per heavy atom. The van der Waals surface area contributed by atoms with Gasteiger partial charge in [-0.2, -0.15) is 4.98 Å². The summed E-state index contributed by atoms with van der Waals surface area (Å²) < 4.78 is 4.22. The fraction of sp³-hybridized carbons (Fsp3) is 0.400. The van der Waals surface area contributed by atoms with Crippen LogP contribution in [0.2, 0.25) is 0 Å². The lowest BCUT2D eigenvalue weighted by atomic mass is 9.99. The van der Waals surface area contributed by atoms with Crippen molar-refractivity contribution in [3.63, 3.8) is 0 Å². The zero-order chi connectivity index (χ0) is 20.3. The molecule has 0 fully saturated rings. The van der Waals surface area contributed by atoms with Gasteiger partial charge in [0.05, 0.1) is 5.39 Å². The minimum Gasteiger partial charge on any atom is -0.383 e. The van der Waals surface area contributed by atoms with E-state index >= 15 is 0 Å². The first kappa shape index (κ1) is 18.2. The minimum absolute atomic E-state index is 0.0968. The molecule has 0 atom stereocenters. The summed E-state index contributed by atoms with van der Waals surface area (Å²) in [7, 11) is 0. The molecule has 0 unspecified atom stereocenters. The number of rotatable bonds is 3. The van der Waals surface area contributed by atoms with E-state index in [1.807, 2.05) is 24.5 Å². The fourth-order valence-electron chi connectivity index (χ4n) is 3.60. The molecule has 0 saturated carbocycles. The molecule has 0 bridgehead atoms. The third-order valence-electron chi connectivity index (χ3n) is 5.03. The molecule has 28 heavy (non-hydrogen) atoms. The second-order valence-electron chi connectivity index (χ2n) is 8.80. The monoisotopic (exact) mass is 378 g/mol. The van der Waals surface area contributed by atoms with Gasteiger partial charge in [-0.15, -0.1) is 0 Å². The smallest absolute Gasteiger partial charge is 0.221 e. The number of hydrogen-bond acceptors (Lipinski definition) is 6. The minimum atomic E-state index is -0.332. The zero-order valence-electron chi connectivity index (χ0n) is 16.9. The fourth-order valence-corrected chi connectivity index (χ4v) is 3.60. The first-order chi connectivity index (χ1) is 13.1. The summed E-state index contributed by atoms with van der Waals surface area (Å²) in [5.74, 6) is 1.46. The van der Waals surface area contributed by atoms with E-state index in [0.717, 1.165) is 22.1 Å². The lowest BCUT2D eigenvalue weighted by Gasteiger charge is -2.27. The van der Waals surface area contributed by atoms with Crippen LogP contribution in [0.25, 0.3) is 22.1 Å². The van der Waals surface area contributed by atoms with Gasteiger partial charge in [-0.1, -0.05) is 0 Å². The average Bonchev–Trinajstić information content (AvgIpc) is 3.17. The Hall–Kier alpha value is -3.16. The summed E-state index contributed by atoms with van der Waals surface area (Å²) in [5.41, 5.74) is 13.3. The molecule has 0 saturated heterocycles. The van der Waals surface area contributed by atoms with Gasteiger partial charge in [-0.25, -0.2) is 15.0 Å². The van der Waals surface area contributed by atoms with Gasteiger partial charge in [0.25, 0.3) is 0 Å². The van der Waals surface area contributed by atoms with Gasteiger partial charge in [0.2, 0.25) is 5.95 Å². The van der Waals surface area contributed by atoms with Crippen molar-refractivity contribution < 1.29 is 0 Å². The van der Waals surface area contributed by atoms with Gasteiger partial charge in [-0.3, -0.25) is 0 Å². The molecule has 0 aliphatic carbocycles. The Kier molecular flexibility index (Phi) is 3.85. The van der Waals surface area contributed by atoms with E-state index in [1.54, 1.807) is 6.20 Å². The number of aromatic nitrogens is 6. The third-order valence-corrected chi connectivity index (χ3v) is 5.03. The van der Waals surface area contributed by atoms with Gasteiger partial charge in [-0.05, 0) is 46.8 Å². The van der Waals surface area contributed by atoms with Crippen LogP contribution in [-0.2, 0) is 17.5 Å². The van der Waals surface area contributed by atoms with Gasteiger partial charge in [0, 0.05) is 41.5 Å². The van der Waals surface area contributed by atoms with Crippen molar-refractivity contribution in [3.8, 4) is 0 Å². The molecule has 4 rings (SSSR count). The molecule has 4 N–H and O–H groups in total. The van der Waals surface area contributed by atoms with E-state index in [0.29, 0.717) is 18.1 Å². The molecule has 0 radical (unpaired) electrons. The van der Waals surface area contributed by atoms with Crippen LogP contribution in [0.5, 0.6) is 0 Å². The summed E-state index contributed by atoms with van der Waals surface area (Å²) in [6.45, 7) is 10.7. The van der Waals surface area contributed by atoms with Gasteiger partial charge in [0.1, 0.15) is 22.9 Å². The highest BCUT2D eigenvalue weighted by atomic mass is 15.1. The van der Waals surface area contributed by atoms with E-state index in [4.69, 9.17) is 16.5 Å². The third kappa shape index (κ3) is 2.94. The van der Waals surface area contributed by atoms with E-state index < -0.39 is 0 Å². The highest BCUT2D eigenvalue weighted by molar-refractivity contribution is 5.86. The Balaban J connectivity index is 1.79. The van der Waals surface area contributed by atoms with Gasteiger partial charge >= 0.3 is 0 Å². The number of fused-ring (bicyclic) bond motifs is 2. The molecule has 0 aromatic carbocycles. The molecule has 0 aliphatic rings. The van der Waals surface area contributed by atoms with E-state index in [9.17, 15) is 0 Å². The SMILES string of the molecule is CC(C)(C)n1ccc2c(N)nc(CC(C)(C)n3ccc4cnc(N)nc43)nc21. The molecule has 4 aromatic rings. The molecule has 4 aromatic heterocycles. The first-order valence-electron chi connectivity index (χ1n) is 9.30. The summed E-state index contributed by atoms with van der Waals surface area (Å²) in [4.78, 5) is 17.9. The Morgan fingerprint density at radius 3 is 2.32 bits per heavy atom. The summed E-state index contributed by atoms with van der Waals surface area (Å²) in [5, 5.41) is 1.82. The number of nitrogens with two attached hydrogens (primary N) is 2. The lowest BCUT2D eigenvalue weighted by molar-refractivity contribution is 0.355. The first-order valence-corrected chi connectivity index (χ1v) is 9.30. The topological polar surface area (TPSA) is 113 Å². The van der Waals surface area contributed by atoms with Crippen LogP contribution < -0.4 is 11.5 Å². The van der Waals surface area contributed by atoms with Crippen LogP contribution in [0, 0.1) is 0 Å². The molecule has 0 aliphatic heterocycles. The lowest BCUT2D eigenvalue weighted by Crippen LogP contribution is -2.30. The van der Waals surface area contributed by atoms with Crippen LogP contribution >= 0.6 is 0 Å². The maximum absolute atomic E-state index is 6.25. The van der Waals surface area contributed by atoms with Crippen molar-refractivity contribution in [2.24, 2.45) is 0 Å². The number of anilines is 2. The average molecular weight is 378 g/mol. The molecule has 8 nitrogen and oxygen atoms in total. The van der Waals surface area contributed by atoms with Crippen LogP contribution in [0.1, 0.15) is 40.4 Å². The molecular formula is C20H26N8. The molecule has 0 amide bonds. The highest BCUT2D eigenvalue weighted by Crippen LogP contribution is 2.29. The van der Waals surface area contributed by atoms with Crippen molar-refractivity contribution in [1.82, 2.24) is 29.1 Å². The molecule has 146 valence electrons. The molecule has 4 heterocycles. The zero-order valence-corrected chi connectivity index (χ0v) is 16.9. The van der Waals surface area contributed by atoms with Gasteiger partial charge in [0.15, 0.2) is 0 Å². The Labute approximate surface area is 163 Å². The second kappa shape index (κ2) is 5.92. The second-order valence-corrected chi connectivity index (χ2v) is 8.80. The number of nitrogen functional groups attached to an aromatic ring is 2. The normalized spacial score (nSPS) is 12.9. The predicted molar refractivity (Wildman–Crippen MR) is 112 cm³/mol. The summed E-state index contributed by atoms with van der Waals surface area (Å²) in [6.07, 6.45) is 6.35. The van der Waals surface area contributed by atoms with Crippen molar-refractivity contribution >= 4 is 33.8 Å². The van der Waals surface area contributed by atoms with Crippen LogP contribution in [-0.4, -0.2) is 29.1 Å². The van der Waals surface area contributed by atoms with Crippen LogP contribution in [0.4, 0.5) is 11.8 Å². The quantitative estimate of drug-likeness (QED) is 0.566. The molecular weight excluding hydrogens is 352 g/mol. The van der Waals surface area contributed by atoms with Gasteiger partial charge < -0.3 is 20.6 Å². The Bertz CT molecular complexity index is 1180. The van der Waals surface area contributed by atoms with E-state index in [-0.39, 0.29) is 17.0 Å². The van der Waals surface area contributed by atoms with Crippen LogP contribution in [0.15, 0.2) is 30.7 Å². The standard InChI is InChI=1S/C20H26N8/c1-19(2,3)27-9-7-13-15(21)24-14(25-17(13)27)10-20(4,5)28-8-6-12-11-23-18(22)26-16(12)28/h6-9,11H,10H2,1-5H3,(H2,21,24,25)(H2,22,23,26). The Morgan fingerprint density at radius 1 is 0.893 bits per heavy atom.